The molecule has 2 heterocycles. The maximum Gasteiger partial charge on any atom is 0.313 e. The molecule has 0 amide bonds. The third-order valence-electron chi connectivity index (χ3n) is 7.63. The van der Waals surface area contributed by atoms with Crippen molar-refractivity contribution in [1.29, 1.82) is 0 Å². The summed E-state index contributed by atoms with van der Waals surface area (Å²) in [5, 5.41) is 21.5. The number of hydrogen-bond acceptors (Lipinski definition) is 9. The highest BCUT2D eigenvalue weighted by atomic mass is 16.7. The third-order valence-corrected chi connectivity index (χ3v) is 7.63. The Kier molecular flexibility index (Phi) is 11.6. The molecule has 1 saturated heterocycles. The van der Waals surface area contributed by atoms with Crippen molar-refractivity contribution in [1.82, 2.24) is 4.90 Å². The lowest BCUT2D eigenvalue weighted by atomic mass is 9.82. The first kappa shape index (κ1) is 31.3. The summed E-state index contributed by atoms with van der Waals surface area (Å²) in [4.78, 5) is 40.2. The quantitative estimate of drug-likeness (QED) is 0.424. The number of ether oxygens (including phenoxy) is 3. The first-order chi connectivity index (χ1) is 17.2. The van der Waals surface area contributed by atoms with Gasteiger partial charge in [-0.05, 0) is 46.4 Å². The van der Waals surface area contributed by atoms with Crippen molar-refractivity contribution in [2.24, 2.45) is 23.7 Å². The van der Waals surface area contributed by atoms with E-state index >= 15 is 0 Å². The van der Waals surface area contributed by atoms with Gasteiger partial charge in [-0.2, -0.15) is 0 Å². The van der Waals surface area contributed by atoms with Gasteiger partial charge in [0.1, 0.15) is 24.4 Å². The van der Waals surface area contributed by atoms with Crippen molar-refractivity contribution in [3.63, 3.8) is 0 Å². The topological polar surface area (TPSA) is 123 Å². The Morgan fingerprint density at radius 2 is 1.59 bits per heavy atom. The molecule has 0 aromatic rings. The second-order valence-corrected chi connectivity index (χ2v) is 11.0. The van der Waals surface area contributed by atoms with Crippen molar-refractivity contribution >= 4 is 17.5 Å². The highest BCUT2D eigenvalue weighted by Crippen LogP contribution is 2.31. The predicted octanol–water partition coefficient (Wildman–Crippen LogP) is 2.29. The van der Waals surface area contributed by atoms with E-state index in [2.05, 4.69) is 0 Å². The van der Waals surface area contributed by atoms with Gasteiger partial charge in [0.15, 0.2) is 12.1 Å². The first-order valence-electron chi connectivity index (χ1n) is 13.2. The van der Waals surface area contributed by atoms with Crippen LogP contribution in [0.3, 0.4) is 0 Å². The number of carbonyl (C=O) groups is 3. The van der Waals surface area contributed by atoms with E-state index < -0.39 is 61.2 Å². The van der Waals surface area contributed by atoms with Crippen molar-refractivity contribution in [2.45, 2.75) is 97.2 Å². The molecule has 0 aromatic carbocycles. The molecular formula is C28H45NO8. The zero-order valence-corrected chi connectivity index (χ0v) is 23.4. The monoisotopic (exact) mass is 523 g/mol. The summed E-state index contributed by atoms with van der Waals surface area (Å²) >= 11 is 0. The minimum atomic E-state index is -1.18. The molecule has 0 aromatic heterocycles. The van der Waals surface area contributed by atoms with Gasteiger partial charge in [0.05, 0.1) is 24.4 Å². The van der Waals surface area contributed by atoms with Crippen LogP contribution in [-0.4, -0.2) is 89.6 Å². The molecule has 1 fully saturated rings. The Labute approximate surface area is 220 Å². The molecule has 0 aliphatic carbocycles. The highest BCUT2D eigenvalue weighted by molar-refractivity contribution is 5.97. The average Bonchev–Trinajstić information content (AvgIpc) is 2.81. The number of cyclic esters (lactones) is 1. The van der Waals surface area contributed by atoms with Crippen LogP contribution in [0, 0.1) is 23.7 Å². The van der Waals surface area contributed by atoms with E-state index in [1.807, 2.05) is 26.8 Å². The van der Waals surface area contributed by atoms with Gasteiger partial charge in [-0.1, -0.05) is 45.9 Å². The van der Waals surface area contributed by atoms with E-state index in [0.29, 0.717) is 6.42 Å². The number of nitrogens with zero attached hydrogens (tertiary/aromatic N) is 1. The molecule has 2 aliphatic rings. The molecular weight excluding hydrogens is 478 g/mol. The number of ketones is 2. The van der Waals surface area contributed by atoms with Gasteiger partial charge in [-0.25, -0.2) is 0 Å². The molecule has 2 rings (SSSR count). The van der Waals surface area contributed by atoms with E-state index in [4.69, 9.17) is 14.2 Å². The Hall–Kier alpha value is -1.91. The Bertz CT molecular complexity index is 855. The molecule has 210 valence electrons. The second kappa shape index (κ2) is 13.8. The SMILES string of the molecule is CC1O[C@@H](O[C@H]2[C@@H](C)C[C@@H](C)C(=O)/C=C/C=C/[C@H](C)[C@@H](C)OC(=O)CC(=O)[C@@H]2C)C(O)C(N(C)C)C1O. The normalized spacial score (nSPS) is 42.9. The fourth-order valence-corrected chi connectivity index (χ4v) is 5.00. The highest BCUT2D eigenvalue weighted by Gasteiger charge is 2.46. The Balaban J connectivity index is 2.36. The summed E-state index contributed by atoms with van der Waals surface area (Å²) < 4.78 is 17.6. The zero-order valence-electron chi connectivity index (χ0n) is 23.4. The smallest absolute Gasteiger partial charge is 0.313 e. The minimum absolute atomic E-state index is 0.0492. The molecule has 37 heavy (non-hydrogen) atoms. The van der Waals surface area contributed by atoms with Crippen molar-refractivity contribution in [2.75, 3.05) is 14.1 Å². The van der Waals surface area contributed by atoms with Crippen LogP contribution in [0.2, 0.25) is 0 Å². The number of esters is 1. The molecule has 0 saturated carbocycles. The summed E-state index contributed by atoms with van der Waals surface area (Å²) in [6, 6.07) is -0.640. The maximum absolute atomic E-state index is 13.2. The van der Waals surface area contributed by atoms with Crippen LogP contribution in [0.1, 0.15) is 54.4 Å². The number of aliphatic hydroxyl groups excluding tert-OH is 2. The molecule has 0 bridgehead atoms. The van der Waals surface area contributed by atoms with Crippen LogP contribution in [0.25, 0.3) is 0 Å². The fourth-order valence-electron chi connectivity index (χ4n) is 5.00. The van der Waals surface area contributed by atoms with Crippen LogP contribution in [0.4, 0.5) is 0 Å². The van der Waals surface area contributed by atoms with Crippen LogP contribution >= 0.6 is 0 Å². The number of likely N-dealkylation sites (N-methyl/N-ethyl adjacent to an activating group) is 1. The lowest BCUT2D eigenvalue weighted by molar-refractivity contribution is -0.300. The lowest BCUT2D eigenvalue weighted by Crippen LogP contribution is -2.63. The molecule has 0 spiro atoms. The molecule has 2 aliphatic heterocycles. The lowest BCUT2D eigenvalue weighted by Gasteiger charge is -2.46. The van der Waals surface area contributed by atoms with Crippen molar-refractivity contribution < 1.29 is 38.8 Å². The molecule has 9 nitrogen and oxygen atoms in total. The Morgan fingerprint density at radius 1 is 0.946 bits per heavy atom. The number of aliphatic hydroxyl groups is 2. The van der Waals surface area contributed by atoms with E-state index in [1.54, 1.807) is 51.9 Å². The Morgan fingerprint density at radius 3 is 2.22 bits per heavy atom. The van der Waals surface area contributed by atoms with E-state index in [-0.39, 0.29) is 29.3 Å². The van der Waals surface area contributed by atoms with Gasteiger partial charge in [0.25, 0.3) is 0 Å². The number of allylic oxidation sites excluding steroid dienone is 3. The average molecular weight is 524 g/mol. The standard InChI is InChI=1S/C28H45NO8/c1-15-11-9-10-12-21(30)16(2)13-17(3)27(18(4)22(31)14-23(32)35-19(15)5)37-28-26(34)24(29(7)8)25(33)20(6)36-28/h9-12,15-20,24-28,33-34H,13-14H2,1-8H3/b11-9+,12-10+/t15-,16+,17-,18-,19+,20?,24?,25?,26?,27-,28-/m0/s1. The number of hydrogen-bond donors (Lipinski definition) is 2. The van der Waals surface area contributed by atoms with Gasteiger partial charge in [-0.15, -0.1) is 0 Å². The van der Waals surface area contributed by atoms with E-state index in [9.17, 15) is 24.6 Å². The predicted molar refractivity (Wildman–Crippen MR) is 138 cm³/mol. The number of carbonyl (C=O) groups excluding carboxylic acids is 3. The second-order valence-electron chi connectivity index (χ2n) is 11.0. The van der Waals surface area contributed by atoms with Gasteiger partial charge < -0.3 is 29.3 Å². The largest absolute Gasteiger partial charge is 0.462 e. The van der Waals surface area contributed by atoms with Crippen molar-refractivity contribution in [3.8, 4) is 0 Å². The minimum Gasteiger partial charge on any atom is -0.462 e. The van der Waals surface area contributed by atoms with Gasteiger partial charge >= 0.3 is 5.97 Å². The summed E-state index contributed by atoms with van der Waals surface area (Å²) in [7, 11) is 3.49. The third kappa shape index (κ3) is 8.29. The molecule has 9 heteroatoms. The summed E-state index contributed by atoms with van der Waals surface area (Å²) in [5.74, 6) is -2.49. The maximum atomic E-state index is 13.2. The molecule has 2 N–H and O–H groups in total. The van der Waals surface area contributed by atoms with Crippen LogP contribution in [-0.2, 0) is 28.6 Å². The van der Waals surface area contributed by atoms with E-state index in [0.717, 1.165) is 0 Å². The number of rotatable bonds is 3. The fraction of sp³-hybridized carbons (Fsp3) is 0.750. The van der Waals surface area contributed by atoms with Gasteiger partial charge in [0, 0.05) is 17.8 Å². The van der Waals surface area contributed by atoms with Crippen LogP contribution < -0.4 is 0 Å². The van der Waals surface area contributed by atoms with Crippen LogP contribution in [0.5, 0.6) is 0 Å². The van der Waals surface area contributed by atoms with Crippen molar-refractivity contribution in [3.05, 3.63) is 24.3 Å². The molecule has 4 unspecified atom stereocenters. The number of Topliss-reactive ketones (excluding diaryl/α,β-unsaturated/α-hetero) is 1. The van der Waals surface area contributed by atoms with Crippen LogP contribution in [0.15, 0.2) is 24.3 Å². The van der Waals surface area contributed by atoms with Gasteiger partial charge in [0.2, 0.25) is 0 Å². The summed E-state index contributed by atoms with van der Waals surface area (Å²) in [6.07, 6.45) is 1.77. The zero-order chi connectivity index (χ0) is 28.0. The summed E-state index contributed by atoms with van der Waals surface area (Å²) in [5.41, 5.74) is 0. The molecule has 11 atom stereocenters. The first-order valence-corrected chi connectivity index (χ1v) is 13.2. The van der Waals surface area contributed by atoms with E-state index in [1.165, 1.54) is 6.08 Å². The molecule has 0 radical (unpaired) electrons. The van der Waals surface area contributed by atoms with Gasteiger partial charge in [-0.3, -0.25) is 14.4 Å². The summed E-state index contributed by atoms with van der Waals surface area (Å²) in [6.45, 7) is 10.7.